The third-order valence-electron chi connectivity index (χ3n) is 4.04. The maximum atomic E-state index is 12.8. The summed E-state index contributed by atoms with van der Waals surface area (Å²) in [4.78, 5) is 0.0974. The van der Waals surface area contributed by atoms with Crippen LogP contribution in [0.1, 0.15) is 5.56 Å². The van der Waals surface area contributed by atoms with Crippen molar-refractivity contribution in [1.82, 2.24) is 19.6 Å². The van der Waals surface area contributed by atoms with Crippen LogP contribution >= 0.6 is 0 Å². The molecule has 0 aliphatic carbocycles. The van der Waals surface area contributed by atoms with Crippen molar-refractivity contribution in [2.45, 2.75) is 11.4 Å². The Morgan fingerprint density at radius 1 is 0.926 bits per heavy atom. The van der Waals surface area contributed by atoms with Crippen LogP contribution in [0.25, 0.3) is 5.69 Å². The summed E-state index contributed by atoms with van der Waals surface area (Å²) in [7, 11) is -3.76. The van der Waals surface area contributed by atoms with E-state index in [2.05, 4.69) is 14.9 Å². The van der Waals surface area contributed by atoms with E-state index in [0.29, 0.717) is 12.2 Å². The van der Waals surface area contributed by atoms with Gasteiger partial charge in [0.25, 0.3) is 10.0 Å². The molecule has 0 bridgehead atoms. The van der Waals surface area contributed by atoms with Gasteiger partial charge in [0.1, 0.15) is 4.90 Å². The van der Waals surface area contributed by atoms with Crippen molar-refractivity contribution in [3.05, 3.63) is 91.0 Å². The van der Waals surface area contributed by atoms with Crippen LogP contribution in [-0.4, -0.2) is 28.0 Å². The summed E-state index contributed by atoms with van der Waals surface area (Å²) in [5, 5.41) is 8.33. The van der Waals surface area contributed by atoms with Gasteiger partial charge in [-0.1, -0.05) is 36.4 Å². The molecule has 0 amide bonds. The van der Waals surface area contributed by atoms with E-state index in [4.69, 9.17) is 0 Å². The fourth-order valence-corrected chi connectivity index (χ4v) is 3.73. The topological polar surface area (TPSA) is 81.8 Å². The highest BCUT2D eigenvalue weighted by molar-refractivity contribution is 7.92. The second-order valence-corrected chi connectivity index (χ2v) is 7.60. The molecular weight excluding hydrogens is 362 g/mol. The van der Waals surface area contributed by atoms with Crippen molar-refractivity contribution < 1.29 is 8.42 Å². The summed E-state index contributed by atoms with van der Waals surface area (Å²) >= 11 is 0. The second-order valence-electron chi connectivity index (χ2n) is 5.92. The quantitative estimate of drug-likeness (QED) is 0.558. The third kappa shape index (κ3) is 3.75. The molecule has 0 unspecified atom stereocenters. The normalized spacial score (nSPS) is 11.4. The van der Waals surface area contributed by atoms with Crippen LogP contribution in [0.3, 0.4) is 0 Å². The molecule has 0 aliphatic heterocycles. The highest BCUT2D eigenvalue weighted by atomic mass is 32.2. The molecule has 2 aromatic heterocycles. The van der Waals surface area contributed by atoms with Crippen molar-refractivity contribution in [3.8, 4) is 5.69 Å². The van der Waals surface area contributed by atoms with Gasteiger partial charge in [0.2, 0.25) is 0 Å². The molecule has 27 heavy (non-hydrogen) atoms. The Kier molecular flexibility index (Phi) is 4.47. The molecule has 0 saturated heterocycles. The molecule has 4 aromatic rings. The summed E-state index contributed by atoms with van der Waals surface area (Å²) < 4.78 is 31.6. The Bertz CT molecular complexity index is 1140. The van der Waals surface area contributed by atoms with Gasteiger partial charge in [0, 0.05) is 12.4 Å². The van der Waals surface area contributed by atoms with Crippen LogP contribution in [0, 0.1) is 0 Å². The van der Waals surface area contributed by atoms with E-state index >= 15 is 0 Å². The lowest BCUT2D eigenvalue weighted by molar-refractivity contribution is 0.601. The number of nitrogens with one attached hydrogen (secondary N) is 1. The molecular formula is C19H17N5O2S. The molecule has 0 atom stereocenters. The van der Waals surface area contributed by atoms with E-state index in [1.54, 1.807) is 23.0 Å². The number of anilines is 1. The average molecular weight is 379 g/mol. The summed E-state index contributed by atoms with van der Waals surface area (Å²) in [5.41, 5.74) is 2.12. The van der Waals surface area contributed by atoms with Crippen molar-refractivity contribution in [2.75, 3.05) is 4.72 Å². The zero-order valence-corrected chi connectivity index (χ0v) is 15.1. The Hall–Kier alpha value is -3.39. The fourth-order valence-electron chi connectivity index (χ4n) is 2.70. The van der Waals surface area contributed by atoms with Crippen LogP contribution in [-0.2, 0) is 16.6 Å². The minimum atomic E-state index is -3.76. The number of sulfonamides is 1. The number of hydrogen-bond acceptors (Lipinski definition) is 4. The third-order valence-corrected chi connectivity index (χ3v) is 5.36. The zero-order valence-electron chi connectivity index (χ0n) is 14.3. The Morgan fingerprint density at radius 2 is 1.70 bits per heavy atom. The molecule has 0 radical (unpaired) electrons. The number of nitrogens with zero attached hydrogens (tertiary/aromatic N) is 4. The van der Waals surface area contributed by atoms with Gasteiger partial charge in [-0.05, 0) is 29.8 Å². The number of hydrogen-bond donors (Lipinski definition) is 1. The Balaban J connectivity index is 1.60. The molecule has 0 fully saturated rings. The van der Waals surface area contributed by atoms with Gasteiger partial charge in [-0.25, -0.2) is 13.1 Å². The summed E-state index contributed by atoms with van der Waals surface area (Å²) in [6, 6.07) is 18.4. The summed E-state index contributed by atoms with van der Waals surface area (Å²) in [5.74, 6) is 0. The smallest absolute Gasteiger partial charge is 0.265 e. The lowest BCUT2D eigenvalue weighted by atomic mass is 10.2. The maximum Gasteiger partial charge on any atom is 0.265 e. The predicted octanol–water partition coefficient (Wildman–Crippen LogP) is 2.92. The lowest BCUT2D eigenvalue weighted by Gasteiger charge is -2.12. The molecule has 8 heteroatoms. The highest BCUT2D eigenvalue weighted by Gasteiger charge is 2.18. The van der Waals surface area contributed by atoms with E-state index < -0.39 is 10.0 Å². The minimum Gasteiger partial charge on any atom is -0.279 e. The van der Waals surface area contributed by atoms with E-state index in [1.165, 1.54) is 17.1 Å². The molecule has 136 valence electrons. The fraction of sp³-hybridized carbons (Fsp3) is 0.0526. The first-order valence-electron chi connectivity index (χ1n) is 8.30. The van der Waals surface area contributed by atoms with Crippen LogP contribution in [0.15, 0.2) is 90.3 Å². The monoisotopic (exact) mass is 379 g/mol. The lowest BCUT2D eigenvalue weighted by Crippen LogP contribution is -2.14. The standard InChI is InChI=1S/C19H17N5O2S/c25-27(26,18-13-21-24(15-18)17-8-2-1-3-9-17)22-19-10-5-4-7-16(19)14-23-12-6-11-20-23/h1-13,15,22H,14H2. The Labute approximate surface area is 156 Å². The van der Waals surface area contributed by atoms with Crippen molar-refractivity contribution in [1.29, 1.82) is 0 Å². The first-order valence-corrected chi connectivity index (χ1v) is 9.78. The molecule has 0 saturated carbocycles. The largest absolute Gasteiger partial charge is 0.279 e. The molecule has 0 aliphatic rings. The van der Waals surface area contributed by atoms with Crippen molar-refractivity contribution in [3.63, 3.8) is 0 Å². The van der Waals surface area contributed by atoms with Gasteiger partial charge >= 0.3 is 0 Å². The molecule has 7 nitrogen and oxygen atoms in total. The molecule has 2 aromatic carbocycles. The highest BCUT2D eigenvalue weighted by Crippen LogP contribution is 2.21. The van der Waals surface area contributed by atoms with E-state index in [1.807, 2.05) is 54.7 Å². The Morgan fingerprint density at radius 3 is 2.48 bits per heavy atom. The average Bonchev–Trinajstić information content (AvgIpc) is 3.36. The van der Waals surface area contributed by atoms with E-state index in [0.717, 1.165) is 11.3 Å². The van der Waals surface area contributed by atoms with Crippen LogP contribution in [0.2, 0.25) is 0 Å². The van der Waals surface area contributed by atoms with Crippen LogP contribution in [0.5, 0.6) is 0 Å². The number of rotatable bonds is 6. The maximum absolute atomic E-state index is 12.8. The minimum absolute atomic E-state index is 0.0974. The van der Waals surface area contributed by atoms with Crippen molar-refractivity contribution in [2.24, 2.45) is 0 Å². The first-order chi connectivity index (χ1) is 13.1. The first kappa shape index (κ1) is 17.0. The summed E-state index contributed by atoms with van der Waals surface area (Å²) in [6.45, 7) is 0.467. The predicted molar refractivity (Wildman–Crippen MR) is 102 cm³/mol. The van der Waals surface area contributed by atoms with Gasteiger partial charge in [-0.2, -0.15) is 10.2 Å². The van der Waals surface area contributed by atoms with Crippen molar-refractivity contribution >= 4 is 15.7 Å². The van der Waals surface area contributed by atoms with Gasteiger partial charge < -0.3 is 0 Å². The van der Waals surface area contributed by atoms with E-state index in [9.17, 15) is 8.42 Å². The molecule has 1 N–H and O–H groups in total. The van der Waals surface area contributed by atoms with Gasteiger partial charge in [-0.15, -0.1) is 0 Å². The van der Waals surface area contributed by atoms with Gasteiger partial charge in [0.05, 0.1) is 30.3 Å². The second kappa shape index (κ2) is 7.08. The zero-order chi connectivity index (χ0) is 18.7. The van der Waals surface area contributed by atoms with Crippen LogP contribution < -0.4 is 4.72 Å². The molecule has 2 heterocycles. The number of benzene rings is 2. The van der Waals surface area contributed by atoms with Crippen LogP contribution in [0.4, 0.5) is 5.69 Å². The number of para-hydroxylation sites is 2. The summed E-state index contributed by atoms with van der Waals surface area (Å²) in [6.07, 6.45) is 6.35. The van der Waals surface area contributed by atoms with Gasteiger partial charge in [0.15, 0.2) is 0 Å². The molecule has 4 rings (SSSR count). The SMILES string of the molecule is O=S(=O)(Nc1ccccc1Cn1cccn1)c1cnn(-c2ccccc2)c1. The van der Waals surface area contributed by atoms with E-state index in [-0.39, 0.29) is 4.90 Å². The molecule has 0 spiro atoms. The number of aromatic nitrogens is 4. The van der Waals surface area contributed by atoms with Gasteiger partial charge in [-0.3, -0.25) is 9.40 Å².